The minimum atomic E-state index is -0.769. The SMILES string of the molecule is CC1C(NC(=O)Nc2nnns2)CCC(C(=O)O)C1(C)C. The summed E-state index contributed by atoms with van der Waals surface area (Å²) in [4.78, 5) is 23.3. The van der Waals surface area contributed by atoms with Crippen LogP contribution in [0.25, 0.3) is 0 Å². The van der Waals surface area contributed by atoms with E-state index in [1.54, 1.807) is 0 Å². The molecular formula is C12H19N5O3S. The van der Waals surface area contributed by atoms with Crippen LogP contribution in [0.3, 0.4) is 0 Å². The number of hydrogen-bond acceptors (Lipinski definition) is 6. The van der Waals surface area contributed by atoms with Crippen LogP contribution in [0.1, 0.15) is 33.6 Å². The Hall–Kier alpha value is -1.77. The van der Waals surface area contributed by atoms with Crippen LogP contribution in [-0.2, 0) is 4.79 Å². The Labute approximate surface area is 126 Å². The second-order valence-electron chi connectivity index (χ2n) is 5.95. The molecule has 0 saturated heterocycles. The lowest BCUT2D eigenvalue weighted by atomic mass is 9.61. The van der Waals surface area contributed by atoms with Crippen LogP contribution in [0, 0.1) is 17.3 Å². The van der Waals surface area contributed by atoms with Gasteiger partial charge in [0.25, 0.3) is 0 Å². The Morgan fingerprint density at radius 1 is 1.38 bits per heavy atom. The maximum absolute atomic E-state index is 11.9. The van der Waals surface area contributed by atoms with Crippen molar-refractivity contribution in [1.82, 2.24) is 20.1 Å². The van der Waals surface area contributed by atoms with Gasteiger partial charge in [-0.3, -0.25) is 10.1 Å². The number of hydrogen-bond donors (Lipinski definition) is 3. The second-order valence-corrected chi connectivity index (χ2v) is 6.68. The Morgan fingerprint density at radius 2 is 2.10 bits per heavy atom. The van der Waals surface area contributed by atoms with Crippen molar-refractivity contribution < 1.29 is 14.7 Å². The van der Waals surface area contributed by atoms with Crippen LogP contribution in [0.4, 0.5) is 9.93 Å². The summed E-state index contributed by atoms with van der Waals surface area (Å²) in [6.07, 6.45) is 1.20. The van der Waals surface area contributed by atoms with Crippen molar-refractivity contribution in [2.75, 3.05) is 5.32 Å². The molecule has 21 heavy (non-hydrogen) atoms. The zero-order chi connectivity index (χ0) is 15.6. The summed E-state index contributed by atoms with van der Waals surface area (Å²) in [5.41, 5.74) is -0.383. The Kier molecular flexibility index (Phi) is 4.40. The lowest BCUT2D eigenvalue weighted by Gasteiger charge is -2.46. The lowest BCUT2D eigenvalue weighted by molar-refractivity contribution is -0.150. The first-order valence-corrected chi connectivity index (χ1v) is 7.55. The van der Waals surface area contributed by atoms with Crippen LogP contribution < -0.4 is 10.6 Å². The fourth-order valence-electron chi connectivity index (χ4n) is 2.93. The number of carbonyl (C=O) groups excluding carboxylic acids is 1. The normalized spacial score (nSPS) is 27.9. The molecule has 1 fully saturated rings. The largest absolute Gasteiger partial charge is 0.481 e. The van der Waals surface area contributed by atoms with Gasteiger partial charge in [0.15, 0.2) is 0 Å². The average molecular weight is 313 g/mol. The van der Waals surface area contributed by atoms with Crippen molar-refractivity contribution >= 4 is 28.7 Å². The van der Waals surface area contributed by atoms with E-state index in [4.69, 9.17) is 0 Å². The minimum absolute atomic E-state index is 0.0469. The van der Waals surface area contributed by atoms with Gasteiger partial charge in [-0.15, -0.1) is 0 Å². The van der Waals surface area contributed by atoms with Crippen LogP contribution >= 0.6 is 11.5 Å². The summed E-state index contributed by atoms with van der Waals surface area (Å²) in [5.74, 6) is -1.11. The molecule has 2 amide bonds. The van der Waals surface area contributed by atoms with Gasteiger partial charge in [-0.1, -0.05) is 30.4 Å². The number of rotatable bonds is 3. The first-order valence-electron chi connectivity index (χ1n) is 6.77. The highest BCUT2D eigenvalue weighted by Crippen LogP contribution is 2.45. The molecule has 9 heteroatoms. The molecule has 1 aliphatic rings. The smallest absolute Gasteiger partial charge is 0.321 e. The minimum Gasteiger partial charge on any atom is -0.481 e. The predicted octanol–water partition coefficient (Wildman–Crippen LogP) is 1.58. The molecule has 0 aliphatic heterocycles. The van der Waals surface area contributed by atoms with Gasteiger partial charge in [0.1, 0.15) is 0 Å². The zero-order valence-corrected chi connectivity index (χ0v) is 13.0. The number of amides is 2. The predicted molar refractivity (Wildman–Crippen MR) is 77.0 cm³/mol. The molecule has 1 aliphatic carbocycles. The maximum Gasteiger partial charge on any atom is 0.321 e. The zero-order valence-electron chi connectivity index (χ0n) is 12.2. The summed E-state index contributed by atoms with van der Waals surface area (Å²) >= 11 is 0.996. The van der Waals surface area contributed by atoms with Gasteiger partial charge in [0, 0.05) is 17.6 Å². The van der Waals surface area contributed by atoms with Gasteiger partial charge in [-0.2, -0.15) is 0 Å². The van der Waals surface area contributed by atoms with Gasteiger partial charge in [0.05, 0.1) is 5.92 Å². The van der Waals surface area contributed by atoms with Crippen molar-refractivity contribution in [2.24, 2.45) is 17.3 Å². The Morgan fingerprint density at radius 3 is 2.67 bits per heavy atom. The summed E-state index contributed by atoms with van der Waals surface area (Å²) in [7, 11) is 0. The summed E-state index contributed by atoms with van der Waals surface area (Å²) in [6, 6.07) is -0.438. The van der Waals surface area contributed by atoms with E-state index in [1.807, 2.05) is 20.8 Å². The van der Waals surface area contributed by atoms with Gasteiger partial charge in [0.2, 0.25) is 5.13 Å². The molecule has 0 bridgehead atoms. The molecule has 1 heterocycles. The molecule has 8 nitrogen and oxygen atoms in total. The number of urea groups is 1. The van der Waals surface area contributed by atoms with Crippen molar-refractivity contribution in [2.45, 2.75) is 39.7 Å². The fraction of sp³-hybridized carbons (Fsp3) is 0.750. The van der Waals surface area contributed by atoms with Crippen molar-refractivity contribution in [3.8, 4) is 0 Å². The first kappa shape index (κ1) is 15.6. The first-order chi connectivity index (χ1) is 9.82. The Bertz CT molecular complexity index is 519. The van der Waals surface area contributed by atoms with Crippen molar-refractivity contribution in [3.05, 3.63) is 0 Å². The molecule has 0 aromatic carbocycles. The summed E-state index contributed by atoms with van der Waals surface area (Å²) in [6.45, 7) is 5.86. The third kappa shape index (κ3) is 3.29. The molecule has 1 aromatic heterocycles. The summed E-state index contributed by atoms with van der Waals surface area (Å²) in [5, 5.41) is 22.1. The molecule has 0 radical (unpaired) electrons. The maximum atomic E-state index is 11.9. The number of anilines is 1. The third-order valence-electron chi connectivity index (χ3n) is 4.58. The van der Waals surface area contributed by atoms with Crippen LogP contribution in [0.5, 0.6) is 0 Å². The van der Waals surface area contributed by atoms with E-state index in [0.717, 1.165) is 11.5 Å². The lowest BCUT2D eigenvalue weighted by Crippen LogP contribution is -2.53. The highest BCUT2D eigenvalue weighted by Gasteiger charge is 2.46. The number of nitrogens with one attached hydrogen (secondary N) is 2. The molecule has 1 saturated carbocycles. The van der Waals surface area contributed by atoms with E-state index in [-0.39, 0.29) is 29.3 Å². The second kappa shape index (κ2) is 5.92. The van der Waals surface area contributed by atoms with E-state index >= 15 is 0 Å². The van der Waals surface area contributed by atoms with Gasteiger partial charge in [-0.05, 0) is 29.4 Å². The van der Waals surface area contributed by atoms with Crippen LogP contribution in [0.2, 0.25) is 0 Å². The number of carboxylic acid groups (broad SMARTS) is 1. The quantitative estimate of drug-likeness (QED) is 0.780. The third-order valence-corrected chi connectivity index (χ3v) is 5.09. The van der Waals surface area contributed by atoms with E-state index in [9.17, 15) is 14.7 Å². The molecule has 3 unspecified atom stereocenters. The van der Waals surface area contributed by atoms with E-state index in [2.05, 4.69) is 25.4 Å². The average Bonchev–Trinajstić information content (AvgIpc) is 2.87. The van der Waals surface area contributed by atoms with Crippen LogP contribution in [0.15, 0.2) is 0 Å². The molecule has 0 spiro atoms. The molecular weight excluding hydrogens is 294 g/mol. The topological polar surface area (TPSA) is 117 Å². The van der Waals surface area contributed by atoms with Crippen molar-refractivity contribution in [1.29, 1.82) is 0 Å². The number of nitrogens with zero attached hydrogens (tertiary/aromatic N) is 3. The number of carboxylic acids is 1. The van der Waals surface area contributed by atoms with Crippen LogP contribution in [-0.4, -0.2) is 37.9 Å². The van der Waals surface area contributed by atoms with E-state index in [0.29, 0.717) is 18.0 Å². The highest BCUT2D eigenvalue weighted by atomic mass is 32.1. The van der Waals surface area contributed by atoms with Crippen molar-refractivity contribution in [3.63, 3.8) is 0 Å². The molecule has 1 aromatic rings. The van der Waals surface area contributed by atoms with Gasteiger partial charge in [-0.25, -0.2) is 4.79 Å². The van der Waals surface area contributed by atoms with E-state index in [1.165, 1.54) is 0 Å². The molecule has 2 rings (SSSR count). The monoisotopic (exact) mass is 313 g/mol. The summed E-state index contributed by atoms with van der Waals surface area (Å²) < 4.78 is 3.56. The van der Waals surface area contributed by atoms with Gasteiger partial charge >= 0.3 is 12.0 Å². The standard InChI is InChI=1S/C12H19N5O3S/c1-6-8(5-4-7(9(18)19)12(6,2)3)13-10(20)14-11-15-16-17-21-11/h6-8H,4-5H2,1-3H3,(H,18,19)(H2,13,14,15,17,20). The number of aliphatic carboxylic acids is 1. The van der Waals surface area contributed by atoms with Gasteiger partial charge < -0.3 is 10.4 Å². The van der Waals surface area contributed by atoms with E-state index < -0.39 is 5.97 Å². The fourth-order valence-corrected chi connectivity index (χ4v) is 3.29. The molecule has 116 valence electrons. The highest BCUT2D eigenvalue weighted by molar-refractivity contribution is 7.09. The Balaban J connectivity index is 1.98. The number of carbonyl (C=O) groups is 2. The molecule has 3 atom stereocenters. The molecule has 3 N–H and O–H groups in total. The number of aromatic nitrogens is 3.